The summed E-state index contributed by atoms with van der Waals surface area (Å²) in [5.74, 6) is -1.21. The fourth-order valence-electron chi connectivity index (χ4n) is 9.51. The topological polar surface area (TPSA) is 175 Å². The van der Waals surface area contributed by atoms with E-state index < -0.39 is 67.4 Å². The Morgan fingerprint density at radius 1 is 0.506 bits per heavy atom. The molecule has 11 nitrogen and oxygen atoms in total. The van der Waals surface area contributed by atoms with Crippen LogP contribution in [0.4, 0.5) is 0 Å². The Morgan fingerprint density at radius 2 is 0.896 bits per heavy atom. The maximum atomic E-state index is 13.4. The number of hydrogen-bond acceptors (Lipinski definition) is 10. The van der Waals surface area contributed by atoms with Crippen molar-refractivity contribution in [1.29, 1.82) is 0 Å². The van der Waals surface area contributed by atoms with Crippen LogP contribution in [0, 0.1) is 0 Å². The van der Waals surface area contributed by atoms with E-state index in [9.17, 15) is 35.1 Å². The third-order valence-electron chi connectivity index (χ3n) is 14.6. The van der Waals surface area contributed by atoms with Crippen LogP contribution in [0.1, 0.15) is 271 Å². The Bertz CT molecular complexity index is 1530. The second kappa shape index (κ2) is 53.7. The SMILES string of the molecule is CCCCC/C=C\C/C=C\C/C=C\C/C=C\CCCCCCCCC(O)C(=O)NC(COC1OC(CO)C(O)C(O)C1OC(=O)CCCCCCCCC/C=C\CCCCCC)C(O)/C=C/CCCCCCCCCCC. The highest BCUT2D eigenvalue weighted by atomic mass is 16.7. The maximum absolute atomic E-state index is 13.4. The predicted molar refractivity (Wildman–Crippen MR) is 319 cm³/mol. The van der Waals surface area contributed by atoms with Crippen molar-refractivity contribution in [3.63, 3.8) is 0 Å². The van der Waals surface area contributed by atoms with E-state index in [2.05, 4.69) is 86.8 Å². The Morgan fingerprint density at radius 3 is 1.39 bits per heavy atom. The van der Waals surface area contributed by atoms with Crippen molar-refractivity contribution in [2.75, 3.05) is 13.2 Å². The molecule has 1 saturated heterocycles. The lowest BCUT2D eigenvalue weighted by Crippen LogP contribution is -2.61. The van der Waals surface area contributed by atoms with Crippen LogP contribution in [0.25, 0.3) is 0 Å². The molecule has 0 aliphatic carbocycles. The number of carbonyl (C=O) groups is 2. The highest BCUT2D eigenvalue weighted by Gasteiger charge is 2.47. The van der Waals surface area contributed by atoms with E-state index in [-0.39, 0.29) is 19.4 Å². The lowest BCUT2D eigenvalue weighted by Gasteiger charge is -2.41. The summed E-state index contributed by atoms with van der Waals surface area (Å²) in [4.78, 5) is 26.5. The molecule has 1 aliphatic heterocycles. The summed E-state index contributed by atoms with van der Waals surface area (Å²) >= 11 is 0. The zero-order valence-corrected chi connectivity index (χ0v) is 49.3. The third kappa shape index (κ3) is 41.7. The number of carbonyl (C=O) groups excluding carboxylic acids is 2. The second-order valence-corrected chi connectivity index (χ2v) is 21.8. The Hall–Kier alpha value is -2.90. The lowest BCUT2D eigenvalue weighted by atomic mass is 9.99. The van der Waals surface area contributed by atoms with Crippen LogP contribution >= 0.6 is 0 Å². The zero-order chi connectivity index (χ0) is 56.1. The number of nitrogens with one attached hydrogen (secondary N) is 1. The summed E-state index contributed by atoms with van der Waals surface area (Å²) in [5.41, 5.74) is 0. The van der Waals surface area contributed by atoms with Gasteiger partial charge < -0.3 is 45.1 Å². The van der Waals surface area contributed by atoms with Crippen molar-refractivity contribution in [2.45, 2.75) is 320 Å². The van der Waals surface area contributed by atoms with Crippen molar-refractivity contribution >= 4 is 11.9 Å². The molecule has 0 aromatic heterocycles. The van der Waals surface area contributed by atoms with Gasteiger partial charge in [0.15, 0.2) is 12.4 Å². The van der Waals surface area contributed by atoms with Gasteiger partial charge in [0.2, 0.25) is 5.91 Å². The number of esters is 1. The van der Waals surface area contributed by atoms with Gasteiger partial charge in [-0.1, -0.05) is 241 Å². The predicted octanol–water partition coefficient (Wildman–Crippen LogP) is 15.2. The molecular weight excluding hydrogens is 967 g/mol. The van der Waals surface area contributed by atoms with Gasteiger partial charge in [0.25, 0.3) is 0 Å². The number of unbranched alkanes of at least 4 members (excludes halogenated alkanes) is 29. The van der Waals surface area contributed by atoms with E-state index in [0.717, 1.165) is 109 Å². The Balaban J connectivity index is 2.66. The van der Waals surface area contributed by atoms with E-state index in [1.165, 1.54) is 116 Å². The first-order chi connectivity index (χ1) is 37.7. The summed E-state index contributed by atoms with van der Waals surface area (Å²) in [7, 11) is 0. The van der Waals surface area contributed by atoms with Crippen LogP contribution in [0.15, 0.2) is 72.9 Å². The van der Waals surface area contributed by atoms with Gasteiger partial charge in [0, 0.05) is 6.42 Å². The number of aliphatic hydroxyl groups is 5. The molecular formula is C66H117NO10. The van der Waals surface area contributed by atoms with Gasteiger partial charge in [-0.05, 0) is 96.3 Å². The van der Waals surface area contributed by atoms with Gasteiger partial charge in [-0.3, -0.25) is 9.59 Å². The van der Waals surface area contributed by atoms with Gasteiger partial charge in [-0.25, -0.2) is 0 Å². The van der Waals surface area contributed by atoms with Gasteiger partial charge in [0.05, 0.1) is 25.4 Å². The summed E-state index contributed by atoms with van der Waals surface area (Å²) < 4.78 is 17.6. The van der Waals surface area contributed by atoms with E-state index in [1.54, 1.807) is 6.08 Å². The minimum atomic E-state index is -1.62. The molecule has 1 amide bonds. The van der Waals surface area contributed by atoms with Crippen molar-refractivity contribution in [3.05, 3.63) is 72.9 Å². The first-order valence-electron chi connectivity index (χ1n) is 31.7. The molecule has 77 heavy (non-hydrogen) atoms. The molecule has 0 radical (unpaired) electrons. The molecule has 1 fully saturated rings. The summed E-state index contributed by atoms with van der Waals surface area (Å²) in [6.07, 6.45) is 57.9. The third-order valence-corrected chi connectivity index (χ3v) is 14.6. The van der Waals surface area contributed by atoms with Gasteiger partial charge >= 0.3 is 5.97 Å². The maximum Gasteiger partial charge on any atom is 0.306 e. The first kappa shape index (κ1) is 72.1. The highest BCUT2D eigenvalue weighted by Crippen LogP contribution is 2.26. The van der Waals surface area contributed by atoms with Crippen LogP contribution in [-0.2, 0) is 23.8 Å². The van der Waals surface area contributed by atoms with Crippen molar-refractivity contribution < 1.29 is 49.3 Å². The van der Waals surface area contributed by atoms with Gasteiger partial charge in [-0.2, -0.15) is 0 Å². The molecule has 0 saturated carbocycles. The number of hydrogen-bond donors (Lipinski definition) is 6. The minimum absolute atomic E-state index is 0.115. The molecule has 11 heteroatoms. The first-order valence-corrected chi connectivity index (χ1v) is 31.7. The lowest BCUT2D eigenvalue weighted by molar-refractivity contribution is -0.305. The van der Waals surface area contributed by atoms with E-state index >= 15 is 0 Å². The number of rotatable bonds is 53. The molecule has 0 bridgehead atoms. The number of ether oxygens (including phenoxy) is 3. The van der Waals surface area contributed by atoms with Crippen LogP contribution in [0.2, 0.25) is 0 Å². The molecule has 0 aromatic carbocycles. The average molecular weight is 1080 g/mol. The molecule has 6 N–H and O–H groups in total. The molecule has 8 unspecified atom stereocenters. The summed E-state index contributed by atoms with van der Waals surface area (Å²) in [6, 6.07) is -1.03. The van der Waals surface area contributed by atoms with Crippen LogP contribution in [0.5, 0.6) is 0 Å². The van der Waals surface area contributed by atoms with Gasteiger partial charge in [-0.15, -0.1) is 0 Å². The van der Waals surface area contributed by atoms with Gasteiger partial charge in [0.1, 0.15) is 24.4 Å². The summed E-state index contributed by atoms with van der Waals surface area (Å²) in [6.45, 7) is 5.73. The zero-order valence-electron chi connectivity index (χ0n) is 49.3. The van der Waals surface area contributed by atoms with Crippen molar-refractivity contribution in [2.24, 2.45) is 0 Å². The smallest absolute Gasteiger partial charge is 0.306 e. The minimum Gasteiger partial charge on any atom is -0.454 e. The molecule has 0 aromatic rings. The molecule has 8 atom stereocenters. The van der Waals surface area contributed by atoms with E-state index in [4.69, 9.17) is 14.2 Å². The quantitative estimate of drug-likeness (QED) is 0.0195. The van der Waals surface area contributed by atoms with Crippen LogP contribution in [-0.4, -0.2) is 99.6 Å². The Kier molecular flexibility index (Phi) is 50.3. The van der Waals surface area contributed by atoms with Crippen molar-refractivity contribution in [1.82, 2.24) is 5.32 Å². The Labute approximate surface area is 471 Å². The van der Waals surface area contributed by atoms with E-state index in [1.807, 2.05) is 6.08 Å². The normalized spacial score (nSPS) is 19.5. The number of allylic oxidation sites excluding steroid dienone is 11. The fourth-order valence-corrected chi connectivity index (χ4v) is 9.51. The fraction of sp³-hybridized carbons (Fsp3) is 0.788. The molecule has 1 heterocycles. The largest absolute Gasteiger partial charge is 0.454 e. The summed E-state index contributed by atoms with van der Waals surface area (Å²) in [5, 5.41) is 57.0. The molecule has 1 aliphatic rings. The van der Waals surface area contributed by atoms with E-state index in [0.29, 0.717) is 12.8 Å². The number of amides is 1. The standard InChI is InChI=1S/C66H117NO10/c1-4-7-10-13-16-19-22-24-26-27-28-29-30-31-32-34-35-38-41-44-47-50-53-59(70)65(74)67-57(58(69)52-49-46-43-40-37-21-18-15-12-9-6-3)56-75-66-64(63(73)62(72)60(55-68)76-66)77-61(71)54-51-48-45-42-39-36-33-25-23-20-17-14-11-8-5-2/h16,19-20,23-24,26,28-29,31-32,49,52,57-60,62-64,66,68-70,72-73H,4-15,17-18,21-22,25,27,30,33-48,50-51,53-56H2,1-3H3,(H,67,74)/b19-16-,23-20-,26-24-,29-28-,32-31-,52-49+. The second-order valence-electron chi connectivity index (χ2n) is 21.8. The van der Waals surface area contributed by atoms with Crippen molar-refractivity contribution in [3.8, 4) is 0 Å². The highest BCUT2D eigenvalue weighted by molar-refractivity contribution is 5.80. The molecule has 1 rings (SSSR count). The average Bonchev–Trinajstić information content (AvgIpc) is 3.43. The number of aliphatic hydroxyl groups excluding tert-OH is 5. The molecule has 446 valence electrons. The monoisotopic (exact) mass is 1080 g/mol. The molecule has 0 spiro atoms. The van der Waals surface area contributed by atoms with Crippen LogP contribution in [0.3, 0.4) is 0 Å². The van der Waals surface area contributed by atoms with Crippen LogP contribution < -0.4 is 5.32 Å².